The molecule has 1 aliphatic carbocycles. The molecule has 0 saturated heterocycles. The summed E-state index contributed by atoms with van der Waals surface area (Å²) in [6, 6.07) is 0. The molecule has 0 aromatic rings. The lowest BCUT2D eigenvalue weighted by atomic mass is 9.69. The summed E-state index contributed by atoms with van der Waals surface area (Å²) in [5, 5.41) is 10.5. The van der Waals surface area contributed by atoms with E-state index < -0.39 is 5.60 Å². The van der Waals surface area contributed by atoms with Crippen molar-refractivity contribution in [2.75, 3.05) is 0 Å². The van der Waals surface area contributed by atoms with Crippen LogP contribution in [0.4, 0.5) is 0 Å². The van der Waals surface area contributed by atoms with Gasteiger partial charge in [-0.15, -0.1) is 5.92 Å². The summed E-state index contributed by atoms with van der Waals surface area (Å²) in [5.74, 6) is 6.89. The maximum atomic E-state index is 10.5. The Morgan fingerprint density at radius 1 is 1.50 bits per heavy atom. The molecule has 0 aliphatic heterocycles. The number of hydrogen-bond acceptors (Lipinski definition) is 1. The van der Waals surface area contributed by atoms with Crippen LogP contribution in [0.15, 0.2) is 0 Å². The van der Waals surface area contributed by atoms with Gasteiger partial charge in [0, 0.05) is 5.92 Å². The molecule has 0 heterocycles. The van der Waals surface area contributed by atoms with Crippen molar-refractivity contribution in [2.24, 2.45) is 11.8 Å². The largest absolute Gasteiger partial charge is 0.377 e. The first-order valence-electron chi connectivity index (χ1n) is 5.80. The fourth-order valence-electron chi connectivity index (χ4n) is 2.59. The van der Waals surface area contributed by atoms with Crippen LogP contribution in [0.2, 0.25) is 0 Å². The first kappa shape index (κ1) is 11.6. The Kier molecular flexibility index (Phi) is 4.01. The number of aliphatic hydroxyl groups is 1. The van der Waals surface area contributed by atoms with E-state index in [-0.39, 0.29) is 0 Å². The Morgan fingerprint density at radius 3 is 2.79 bits per heavy atom. The zero-order valence-corrected chi connectivity index (χ0v) is 9.64. The average Bonchev–Trinajstić information content (AvgIpc) is 2.17. The molecular formula is C13H22O. The molecule has 1 N–H and O–H groups in total. The second-order valence-electron chi connectivity index (χ2n) is 4.54. The third kappa shape index (κ3) is 2.30. The van der Waals surface area contributed by atoms with Crippen molar-refractivity contribution >= 4 is 0 Å². The van der Waals surface area contributed by atoms with E-state index in [2.05, 4.69) is 25.7 Å². The molecule has 3 unspecified atom stereocenters. The Hall–Kier alpha value is -0.480. The van der Waals surface area contributed by atoms with Gasteiger partial charge in [-0.1, -0.05) is 32.6 Å². The molecule has 3 atom stereocenters. The van der Waals surface area contributed by atoms with Crippen molar-refractivity contribution in [3.8, 4) is 11.8 Å². The van der Waals surface area contributed by atoms with Gasteiger partial charge in [-0.05, 0) is 32.1 Å². The highest BCUT2D eigenvalue weighted by atomic mass is 16.3. The van der Waals surface area contributed by atoms with Gasteiger partial charge in [-0.25, -0.2) is 0 Å². The molecule has 0 aromatic carbocycles. The molecule has 1 nitrogen and oxygen atoms in total. The van der Waals surface area contributed by atoms with Crippen LogP contribution in [0, 0.1) is 23.7 Å². The lowest BCUT2D eigenvalue weighted by Crippen LogP contribution is -2.42. The summed E-state index contributed by atoms with van der Waals surface area (Å²) in [7, 11) is 0. The number of hydrogen-bond donors (Lipinski definition) is 1. The van der Waals surface area contributed by atoms with Crippen molar-refractivity contribution in [2.45, 2.75) is 58.5 Å². The first-order chi connectivity index (χ1) is 6.64. The third-order valence-electron chi connectivity index (χ3n) is 3.61. The van der Waals surface area contributed by atoms with E-state index in [0.29, 0.717) is 11.8 Å². The van der Waals surface area contributed by atoms with Crippen LogP contribution in [-0.2, 0) is 0 Å². The molecule has 1 heteroatoms. The summed E-state index contributed by atoms with van der Waals surface area (Å²) in [6.45, 7) is 6.25. The molecule has 0 aromatic heterocycles. The molecule has 1 fully saturated rings. The van der Waals surface area contributed by atoms with E-state index >= 15 is 0 Å². The monoisotopic (exact) mass is 194 g/mol. The number of rotatable bonds is 2. The van der Waals surface area contributed by atoms with E-state index in [1.807, 2.05) is 6.92 Å². The van der Waals surface area contributed by atoms with Gasteiger partial charge in [0.1, 0.15) is 5.60 Å². The van der Waals surface area contributed by atoms with Gasteiger partial charge >= 0.3 is 0 Å². The van der Waals surface area contributed by atoms with Crippen LogP contribution in [-0.4, -0.2) is 10.7 Å². The van der Waals surface area contributed by atoms with Gasteiger partial charge in [-0.3, -0.25) is 0 Å². The first-order valence-corrected chi connectivity index (χ1v) is 5.80. The van der Waals surface area contributed by atoms with Crippen molar-refractivity contribution in [3.63, 3.8) is 0 Å². The quantitative estimate of drug-likeness (QED) is 0.670. The van der Waals surface area contributed by atoms with Crippen molar-refractivity contribution in [1.29, 1.82) is 0 Å². The van der Waals surface area contributed by atoms with Crippen LogP contribution in [0.5, 0.6) is 0 Å². The second kappa shape index (κ2) is 4.84. The molecular weight excluding hydrogens is 172 g/mol. The summed E-state index contributed by atoms with van der Waals surface area (Å²) < 4.78 is 0. The minimum Gasteiger partial charge on any atom is -0.377 e. The molecule has 80 valence electrons. The lowest BCUT2D eigenvalue weighted by Gasteiger charge is -2.39. The van der Waals surface area contributed by atoms with Crippen LogP contribution in [0.25, 0.3) is 0 Å². The highest BCUT2D eigenvalue weighted by Crippen LogP contribution is 2.39. The van der Waals surface area contributed by atoms with Gasteiger partial charge in [0.15, 0.2) is 0 Å². The molecule has 0 radical (unpaired) electrons. The highest BCUT2D eigenvalue weighted by Gasteiger charge is 2.39. The molecule has 0 bridgehead atoms. The maximum absolute atomic E-state index is 10.5. The van der Waals surface area contributed by atoms with Crippen molar-refractivity contribution in [1.82, 2.24) is 0 Å². The minimum atomic E-state index is -0.692. The van der Waals surface area contributed by atoms with Crippen LogP contribution in [0.1, 0.15) is 52.9 Å². The van der Waals surface area contributed by atoms with Crippen LogP contribution < -0.4 is 0 Å². The fraction of sp³-hybridized carbons (Fsp3) is 0.846. The van der Waals surface area contributed by atoms with E-state index in [0.717, 1.165) is 25.7 Å². The van der Waals surface area contributed by atoms with Crippen molar-refractivity contribution in [3.05, 3.63) is 0 Å². The second-order valence-corrected chi connectivity index (χ2v) is 4.54. The predicted octanol–water partition coefficient (Wildman–Crippen LogP) is 2.98. The topological polar surface area (TPSA) is 20.2 Å². The molecule has 1 saturated carbocycles. The zero-order chi connectivity index (χ0) is 10.6. The van der Waals surface area contributed by atoms with Gasteiger partial charge < -0.3 is 5.11 Å². The highest BCUT2D eigenvalue weighted by molar-refractivity contribution is 5.16. The predicted molar refractivity (Wildman–Crippen MR) is 59.8 cm³/mol. The van der Waals surface area contributed by atoms with E-state index in [4.69, 9.17) is 0 Å². The minimum absolute atomic E-state index is 0.383. The molecule has 0 spiro atoms. The SMILES string of the molecule is CC#CC1(O)CCCCC1C(C)CC. The lowest BCUT2D eigenvalue weighted by molar-refractivity contribution is -0.0204. The third-order valence-corrected chi connectivity index (χ3v) is 3.61. The summed E-state index contributed by atoms with van der Waals surface area (Å²) in [5.41, 5.74) is -0.692. The zero-order valence-electron chi connectivity index (χ0n) is 9.64. The summed E-state index contributed by atoms with van der Waals surface area (Å²) in [6.07, 6.45) is 5.52. The van der Waals surface area contributed by atoms with Gasteiger partial charge in [0.25, 0.3) is 0 Å². The summed E-state index contributed by atoms with van der Waals surface area (Å²) in [4.78, 5) is 0. The van der Waals surface area contributed by atoms with Crippen molar-refractivity contribution < 1.29 is 5.11 Å². The molecule has 1 rings (SSSR count). The Morgan fingerprint density at radius 2 is 2.21 bits per heavy atom. The Balaban J connectivity index is 2.81. The fourth-order valence-corrected chi connectivity index (χ4v) is 2.59. The van der Waals surface area contributed by atoms with E-state index in [1.54, 1.807) is 0 Å². The molecule has 0 amide bonds. The molecule has 14 heavy (non-hydrogen) atoms. The Labute approximate surface area is 87.9 Å². The Bertz CT molecular complexity index is 235. The van der Waals surface area contributed by atoms with Gasteiger partial charge in [0.2, 0.25) is 0 Å². The van der Waals surface area contributed by atoms with Crippen LogP contribution >= 0.6 is 0 Å². The summed E-state index contributed by atoms with van der Waals surface area (Å²) >= 11 is 0. The average molecular weight is 194 g/mol. The normalized spacial score (nSPS) is 34.4. The van der Waals surface area contributed by atoms with Gasteiger partial charge in [-0.2, -0.15) is 0 Å². The standard InChI is InChI=1S/C13H22O/c1-4-9-13(14)10-7-6-8-12(13)11(3)5-2/h11-12,14H,5-8,10H2,1-3H3. The van der Waals surface area contributed by atoms with E-state index in [1.165, 1.54) is 6.42 Å². The van der Waals surface area contributed by atoms with Crippen LogP contribution in [0.3, 0.4) is 0 Å². The molecule has 1 aliphatic rings. The maximum Gasteiger partial charge on any atom is 0.128 e. The van der Waals surface area contributed by atoms with E-state index in [9.17, 15) is 5.11 Å². The smallest absolute Gasteiger partial charge is 0.128 e. The van der Waals surface area contributed by atoms with Gasteiger partial charge in [0.05, 0.1) is 0 Å².